The highest BCUT2D eigenvalue weighted by Gasteiger charge is 2.62. The molecular weight excluding hydrogens is 264 g/mol. The van der Waals surface area contributed by atoms with Crippen LogP contribution in [0.5, 0.6) is 0 Å². The second-order valence-corrected chi connectivity index (χ2v) is 5.90. The molecule has 2 atom stereocenters. The van der Waals surface area contributed by atoms with Crippen LogP contribution in [0.2, 0.25) is 5.15 Å². The third-order valence-electron chi connectivity index (χ3n) is 3.64. The summed E-state index contributed by atoms with van der Waals surface area (Å²) < 4.78 is 0. The quantitative estimate of drug-likeness (QED) is 0.488. The van der Waals surface area contributed by atoms with Gasteiger partial charge < -0.3 is 11.5 Å². The number of aryl methyl sites for hydroxylation is 1. The number of pyridine rings is 1. The van der Waals surface area contributed by atoms with Gasteiger partial charge in [-0.3, -0.25) is 4.79 Å². The molecule has 1 aromatic heterocycles. The first-order chi connectivity index (χ1) is 8.73. The van der Waals surface area contributed by atoms with Crippen molar-refractivity contribution in [2.75, 3.05) is 0 Å². The van der Waals surface area contributed by atoms with Gasteiger partial charge in [0.15, 0.2) is 5.96 Å². The second kappa shape index (κ2) is 4.49. The minimum atomic E-state index is -0.277. The summed E-state index contributed by atoms with van der Waals surface area (Å²) in [5.74, 6) is -0.620. The molecule has 0 aromatic carbocycles. The molecule has 1 heterocycles. The zero-order chi connectivity index (χ0) is 14.4. The lowest BCUT2D eigenvalue weighted by Crippen LogP contribution is -2.25. The smallest absolute Gasteiger partial charge is 0.253 e. The molecule has 1 aliphatic carbocycles. The van der Waals surface area contributed by atoms with Crippen LogP contribution in [0.15, 0.2) is 17.1 Å². The molecule has 6 heteroatoms. The molecule has 1 fully saturated rings. The number of hydrogen-bond donors (Lipinski definition) is 2. The fraction of sp³-hybridized carbons (Fsp3) is 0.462. The topological polar surface area (TPSA) is 94.4 Å². The van der Waals surface area contributed by atoms with E-state index in [9.17, 15) is 4.79 Å². The van der Waals surface area contributed by atoms with E-state index in [1.807, 2.05) is 26.8 Å². The molecule has 1 aliphatic rings. The Bertz CT molecular complexity index is 544. The fourth-order valence-corrected chi connectivity index (χ4v) is 3.01. The molecule has 1 amide bonds. The molecule has 102 valence electrons. The number of nitrogens with two attached hydrogens (primary N) is 2. The third kappa shape index (κ3) is 2.56. The fourth-order valence-electron chi connectivity index (χ4n) is 2.75. The minimum Gasteiger partial charge on any atom is -0.370 e. The lowest BCUT2D eigenvalue weighted by atomic mass is 10.0. The Balaban J connectivity index is 2.31. The van der Waals surface area contributed by atoms with Gasteiger partial charge in [0.05, 0.1) is 5.92 Å². The van der Waals surface area contributed by atoms with Crippen LogP contribution in [-0.4, -0.2) is 16.9 Å². The first-order valence-electron chi connectivity index (χ1n) is 6.01. The largest absolute Gasteiger partial charge is 0.370 e. The first-order valence-corrected chi connectivity index (χ1v) is 6.39. The number of halogens is 1. The summed E-state index contributed by atoms with van der Waals surface area (Å²) in [6, 6.07) is 3.74. The van der Waals surface area contributed by atoms with Crippen LogP contribution in [0, 0.1) is 18.3 Å². The number of hydrogen-bond acceptors (Lipinski definition) is 2. The van der Waals surface area contributed by atoms with Crippen LogP contribution in [0.25, 0.3) is 0 Å². The highest BCUT2D eigenvalue weighted by Crippen LogP contribution is 2.65. The average Bonchev–Trinajstić information content (AvgIpc) is 2.79. The van der Waals surface area contributed by atoms with Crippen LogP contribution >= 0.6 is 11.6 Å². The number of carbonyl (C=O) groups is 1. The van der Waals surface area contributed by atoms with E-state index < -0.39 is 0 Å². The molecule has 1 saturated carbocycles. The van der Waals surface area contributed by atoms with Crippen LogP contribution in [0.4, 0.5) is 0 Å². The summed E-state index contributed by atoms with van der Waals surface area (Å²) in [6.07, 6.45) is 0. The van der Waals surface area contributed by atoms with Crippen molar-refractivity contribution in [2.45, 2.75) is 26.7 Å². The Kier molecular flexibility index (Phi) is 3.26. The third-order valence-corrected chi connectivity index (χ3v) is 3.83. The standard InChI is InChI=1S/C13H17ClN4O/c1-6-4-7(5-8(14)17-6)9-10(13(9,2)3)11(19)18-12(15)16/h4-5,9-10H,1-3H3,(H4,15,16,18,19)/t9-,10+/m1/s1. The molecule has 0 aliphatic heterocycles. The predicted molar refractivity (Wildman–Crippen MR) is 74.8 cm³/mol. The molecule has 0 unspecified atom stereocenters. The van der Waals surface area contributed by atoms with E-state index in [1.54, 1.807) is 6.07 Å². The zero-order valence-corrected chi connectivity index (χ0v) is 11.9. The van der Waals surface area contributed by atoms with Crippen molar-refractivity contribution in [2.24, 2.45) is 27.8 Å². The van der Waals surface area contributed by atoms with Crippen molar-refractivity contribution >= 4 is 23.5 Å². The summed E-state index contributed by atoms with van der Waals surface area (Å²) in [6.45, 7) is 5.91. The van der Waals surface area contributed by atoms with Gasteiger partial charge >= 0.3 is 0 Å². The summed E-state index contributed by atoms with van der Waals surface area (Å²) in [4.78, 5) is 19.8. The van der Waals surface area contributed by atoms with Gasteiger partial charge in [-0.1, -0.05) is 25.4 Å². The Morgan fingerprint density at radius 1 is 1.42 bits per heavy atom. The molecule has 1 aromatic rings. The normalized spacial score (nSPS) is 23.8. The molecule has 2 rings (SSSR count). The van der Waals surface area contributed by atoms with E-state index in [-0.39, 0.29) is 29.1 Å². The maximum absolute atomic E-state index is 12.0. The molecular formula is C13H17ClN4O. The maximum Gasteiger partial charge on any atom is 0.253 e. The summed E-state index contributed by atoms with van der Waals surface area (Å²) in [5.41, 5.74) is 12.2. The van der Waals surface area contributed by atoms with E-state index in [2.05, 4.69) is 9.98 Å². The van der Waals surface area contributed by atoms with Gasteiger partial charge in [0.25, 0.3) is 5.91 Å². The molecule has 19 heavy (non-hydrogen) atoms. The number of carbonyl (C=O) groups excluding carboxylic acids is 1. The predicted octanol–water partition coefficient (Wildman–Crippen LogP) is 1.58. The summed E-state index contributed by atoms with van der Waals surface area (Å²) in [5, 5.41) is 0.436. The molecule has 0 spiro atoms. The summed E-state index contributed by atoms with van der Waals surface area (Å²) >= 11 is 5.96. The van der Waals surface area contributed by atoms with Gasteiger partial charge in [0.1, 0.15) is 5.15 Å². The Morgan fingerprint density at radius 3 is 2.58 bits per heavy atom. The van der Waals surface area contributed by atoms with Crippen LogP contribution in [-0.2, 0) is 4.79 Å². The van der Waals surface area contributed by atoms with Crippen molar-refractivity contribution in [3.8, 4) is 0 Å². The van der Waals surface area contributed by atoms with Gasteiger partial charge in [-0.15, -0.1) is 0 Å². The Morgan fingerprint density at radius 2 is 2.05 bits per heavy atom. The lowest BCUT2D eigenvalue weighted by molar-refractivity contribution is -0.119. The van der Waals surface area contributed by atoms with Crippen LogP contribution in [0.1, 0.15) is 31.0 Å². The number of aromatic nitrogens is 1. The first kappa shape index (κ1) is 13.8. The van der Waals surface area contributed by atoms with Crippen molar-refractivity contribution in [1.82, 2.24) is 4.98 Å². The SMILES string of the molecule is Cc1cc([C@@H]2[C@@H](C(=O)N=C(N)N)C2(C)C)cc(Cl)n1. The molecule has 0 radical (unpaired) electrons. The van der Waals surface area contributed by atoms with E-state index in [1.165, 1.54) is 0 Å². The van der Waals surface area contributed by atoms with E-state index in [4.69, 9.17) is 23.1 Å². The number of amides is 1. The van der Waals surface area contributed by atoms with E-state index in [0.717, 1.165) is 11.3 Å². The Hall–Kier alpha value is -1.62. The molecule has 0 saturated heterocycles. The average molecular weight is 281 g/mol. The highest BCUT2D eigenvalue weighted by atomic mass is 35.5. The van der Waals surface area contributed by atoms with Gasteiger partial charge in [-0.2, -0.15) is 4.99 Å². The lowest BCUT2D eigenvalue weighted by Gasteiger charge is -2.04. The van der Waals surface area contributed by atoms with E-state index >= 15 is 0 Å². The maximum atomic E-state index is 12.0. The van der Waals surface area contributed by atoms with E-state index in [0.29, 0.717) is 5.15 Å². The number of nitrogens with zero attached hydrogens (tertiary/aromatic N) is 2. The number of guanidine groups is 1. The van der Waals surface area contributed by atoms with Gasteiger partial charge in [-0.25, -0.2) is 4.98 Å². The number of rotatable bonds is 2. The van der Waals surface area contributed by atoms with Gasteiger partial charge in [0.2, 0.25) is 0 Å². The van der Waals surface area contributed by atoms with Gasteiger partial charge in [-0.05, 0) is 30.0 Å². The second-order valence-electron chi connectivity index (χ2n) is 5.52. The van der Waals surface area contributed by atoms with Gasteiger partial charge in [0, 0.05) is 11.6 Å². The summed E-state index contributed by atoms with van der Waals surface area (Å²) in [7, 11) is 0. The van der Waals surface area contributed by atoms with Crippen LogP contribution < -0.4 is 11.5 Å². The Labute approximate surface area is 117 Å². The van der Waals surface area contributed by atoms with Crippen LogP contribution in [0.3, 0.4) is 0 Å². The monoisotopic (exact) mass is 280 g/mol. The van der Waals surface area contributed by atoms with Crippen molar-refractivity contribution < 1.29 is 4.79 Å². The highest BCUT2D eigenvalue weighted by molar-refractivity contribution is 6.29. The molecule has 0 bridgehead atoms. The van der Waals surface area contributed by atoms with Crippen molar-refractivity contribution in [3.63, 3.8) is 0 Å². The van der Waals surface area contributed by atoms with Crippen molar-refractivity contribution in [1.29, 1.82) is 0 Å². The van der Waals surface area contributed by atoms with Crippen molar-refractivity contribution in [3.05, 3.63) is 28.5 Å². The molecule has 4 N–H and O–H groups in total. The number of aliphatic imine (C=N–C) groups is 1. The zero-order valence-electron chi connectivity index (χ0n) is 11.1. The molecule has 5 nitrogen and oxygen atoms in total. The minimum absolute atomic E-state index is 0.0716.